The van der Waals surface area contributed by atoms with Crippen LogP contribution in [0.25, 0.3) is 10.3 Å². The minimum Gasteiger partial charge on any atom is -0.344 e. The molecule has 0 spiro atoms. The number of carbonyl (C=O) groups excluding carboxylic acids is 2. The number of amides is 2. The summed E-state index contributed by atoms with van der Waals surface area (Å²) in [5.41, 5.74) is 2.96. The van der Waals surface area contributed by atoms with Gasteiger partial charge in [-0.2, -0.15) is 0 Å². The van der Waals surface area contributed by atoms with Gasteiger partial charge in [0.2, 0.25) is 0 Å². The minimum atomic E-state index is -0.0719. The number of thiophene rings is 1. The molecule has 4 heterocycles. The van der Waals surface area contributed by atoms with Crippen LogP contribution in [0.4, 0.5) is 0 Å². The molecule has 4 rings (SSSR count). The number of likely N-dealkylation sites (tertiary alicyclic amines) is 1. The molecule has 0 aliphatic carbocycles. The highest BCUT2D eigenvalue weighted by Crippen LogP contribution is 2.39. The Morgan fingerprint density at radius 3 is 2.75 bits per heavy atom. The van der Waals surface area contributed by atoms with E-state index in [0.717, 1.165) is 28.0 Å². The van der Waals surface area contributed by atoms with Crippen LogP contribution in [0.3, 0.4) is 0 Å². The number of fused-ring (bicyclic) bond motifs is 1. The zero-order valence-electron chi connectivity index (χ0n) is 16.0. The third kappa shape index (κ3) is 3.24. The lowest BCUT2D eigenvalue weighted by atomic mass is 9.97. The highest BCUT2D eigenvalue weighted by atomic mass is 32.1. The Hall–Kier alpha value is -2.87. The number of rotatable bonds is 3. The van der Waals surface area contributed by atoms with Crippen LogP contribution in [0.15, 0.2) is 30.6 Å². The van der Waals surface area contributed by atoms with E-state index in [-0.39, 0.29) is 17.7 Å². The Bertz CT molecular complexity index is 1060. The molecule has 1 saturated heterocycles. The molecule has 3 aromatic rings. The SMILES string of the molecule is Cc1cccc(C(=O)N2CC[C@@H](c3c(C(=O)N(C)C)sc4nccnc34)C2)n1. The Morgan fingerprint density at radius 1 is 1.21 bits per heavy atom. The number of pyridine rings is 1. The van der Waals surface area contributed by atoms with Crippen molar-refractivity contribution in [3.8, 4) is 0 Å². The maximum absolute atomic E-state index is 12.9. The van der Waals surface area contributed by atoms with Gasteiger partial charge in [0.25, 0.3) is 11.8 Å². The van der Waals surface area contributed by atoms with Crippen molar-refractivity contribution in [2.75, 3.05) is 27.2 Å². The molecule has 1 aliphatic heterocycles. The van der Waals surface area contributed by atoms with E-state index in [1.54, 1.807) is 37.5 Å². The molecule has 7 nitrogen and oxygen atoms in total. The molecule has 3 aromatic heterocycles. The van der Waals surface area contributed by atoms with Crippen molar-refractivity contribution in [2.45, 2.75) is 19.3 Å². The molecule has 0 radical (unpaired) electrons. The van der Waals surface area contributed by atoms with Crippen LogP contribution in [0.5, 0.6) is 0 Å². The third-order valence-corrected chi connectivity index (χ3v) is 6.05. The fraction of sp³-hybridized carbons (Fsp3) is 0.350. The van der Waals surface area contributed by atoms with Crippen molar-refractivity contribution < 1.29 is 9.59 Å². The normalized spacial score (nSPS) is 16.5. The van der Waals surface area contributed by atoms with Gasteiger partial charge in [0, 0.05) is 56.8 Å². The lowest BCUT2D eigenvalue weighted by Crippen LogP contribution is -2.29. The van der Waals surface area contributed by atoms with Gasteiger partial charge in [0.1, 0.15) is 16.0 Å². The summed E-state index contributed by atoms with van der Waals surface area (Å²) in [5.74, 6) is -0.0691. The van der Waals surface area contributed by atoms with Gasteiger partial charge in [-0.15, -0.1) is 11.3 Å². The first-order valence-corrected chi connectivity index (χ1v) is 9.95. The molecule has 2 amide bonds. The second-order valence-electron chi connectivity index (χ2n) is 7.16. The summed E-state index contributed by atoms with van der Waals surface area (Å²) in [6.07, 6.45) is 4.07. The maximum atomic E-state index is 12.9. The van der Waals surface area contributed by atoms with Gasteiger partial charge in [-0.1, -0.05) is 6.07 Å². The van der Waals surface area contributed by atoms with E-state index >= 15 is 0 Å². The second kappa shape index (κ2) is 7.27. The molecule has 0 N–H and O–H groups in total. The number of hydrogen-bond acceptors (Lipinski definition) is 6. The maximum Gasteiger partial charge on any atom is 0.272 e. The quantitative estimate of drug-likeness (QED) is 0.681. The predicted molar refractivity (Wildman–Crippen MR) is 108 cm³/mol. The van der Waals surface area contributed by atoms with E-state index in [4.69, 9.17) is 0 Å². The van der Waals surface area contributed by atoms with E-state index in [0.29, 0.717) is 23.7 Å². The summed E-state index contributed by atoms with van der Waals surface area (Å²) < 4.78 is 0. The standard InChI is InChI=1S/C20H21N5O2S/c1-12-5-4-6-14(23-12)19(26)25-10-7-13(11-25)15-16-18(22-9-8-21-16)28-17(15)20(27)24(2)3/h4-6,8-9,13H,7,10-11H2,1-3H3/t13-/m1/s1. The van der Waals surface area contributed by atoms with Crippen molar-refractivity contribution in [3.05, 3.63) is 52.4 Å². The average Bonchev–Trinajstić information content (AvgIpc) is 3.31. The molecule has 0 aromatic carbocycles. The topological polar surface area (TPSA) is 79.3 Å². The van der Waals surface area contributed by atoms with Crippen molar-refractivity contribution in [1.82, 2.24) is 24.8 Å². The Morgan fingerprint density at radius 2 is 2.00 bits per heavy atom. The first-order chi connectivity index (χ1) is 13.5. The summed E-state index contributed by atoms with van der Waals surface area (Å²) in [4.78, 5) is 43.7. The van der Waals surface area contributed by atoms with Crippen molar-refractivity contribution in [1.29, 1.82) is 0 Å². The number of hydrogen-bond donors (Lipinski definition) is 0. The van der Waals surface area contributed by atoms with Gasteiger partial charge >= 0.3 is 0 Å². The van der Waals surface area contributed by atoms with Crippen molar-refractivity contribution in [2.24, 2.45) is 0 Å². The van der Waals surface area contributed by atoms with Crippen LogP contribution in [-0.2, 0) is 0 Å². The molecular formula is C20H21N5O2S. The molecule has 1 aliphatic rings. The van der Waals surface area contributed by atoms with Gasteiger partial charge in [-0.25, -0.2) is 9.97 Å². The van der Waals surface area contributed by atoms with Gasteiger partial charge in [0.05, 0.1) is 4.88 Å². The zero-order chi connectivity index (χ0) is 19.8. The van der Waals surface area contributed by atoms with E-state index in [9.17, 15) is 9.59 Å². The minimum absolute atomic E-state index is 0.0510. The zero-order valence-corrected chi connectivity index (χ0v) is 16.9. The largest absolute Gasteiger partial charge is 0.344 e. The number of carbonyl (C=O) groups is 2. The molecule has 8 heteroatoms. The van der Waals surface area contributed by atoms with Crippen molar-refractivity contribution in [3.63, 3.8) is 0 Å². The van der Waals surface area contributed by atoms with E-state index in [1.165, 1.54) is 11.3 Å². The van der Waals surface area contributed by atoms with E-state index < -0.39 is 0 Å². The summed E-state index contributed by atoms with van der Waals surface area (Å²) in [6.45, 7) is 3.05. The van der Waals surface area contributed by atoms with Crippen LogP contribution < -0.4 is 0 Å². The first-order valence-electron chi connectivity index (χ1n) is 9.13. The monoisotopic (exact) mass is 395 g/mol. The van der Waals surface area contributed by atoms with Gasteiger partial charge < -0.3 is 9.80 Å². The molecule has 0 bridgehead atoms. The van der Waals surface area contributed by atoms with E-state index in [1.807, 2.05) is 24.0 Å². The van der Waals surface area contributed by atoms with Crippen LogP contribution in [0, 0.1) is 6.92 Å². The lowest BCUT2D eigenvalue weighted by Gasteiger charge is -2.17. The summed E-state index contributed by atoms with van der Waals surface area (Å²) >= 11 is 1.37. The Balaban J connectivity index is 1.67. The molecule has 28 heavy (non-hydrogen) atoms. The van der Waals surface area contributed by atoms with Crippen LogP contribution in [0.2, 0.25) is 0 Å². The lowest BCUT2D eigenvalue weighted by molar-refractivity contribution is 0.0784. The Kier molecular flexibility index (Phi) is 4.80. The number of nitrogens with zero attached hydrogens (tertiary/aromatic N) is 5. The molecule has 1 atom stereocenters. The third-order valence-electron chi connectivity index (χ3n) is 4.95. The van der Waals surface area contributed by atoms with E-state index in [2.05, 4.69) is 15.0 Å². The second-order valence-corrected chi connectivity index (χ2v) is 8.15. The highest BCUT2D eigenvalue weighted by Gasteiger charge is 2.34. The summed E-state index contributed by atoms with van der Waals surface area (Å²) in [7, 11) is 3.48. The summed E-state index contributed by atoms with van der Waals surface area (Å²) in [6, 6.07) is 5.47. The Labute approximate surface area is 167 Å². The van der Waals surface area contributed by atoms with Gasteiger partial charge in [-0.3, -0.25) is 14.6 Å². The average molecular weight is 395 g/mol. The first kappa shape index (κ1) is 18.5. The molecule has 1 fully saturated rings. The molecular weight excluding hydrogens is 374 g/mol. The molecule has 0 unspecified atom stereocenters. The number of aromatic nitrogens is 3. The predicted octanol–water partition coefficient (Wildman–Crippen LogP) is 2.73. The van der Waals surface area contributed by atoms with Crippen LogP contribution in [0.1, 0.15) is 43.8 Å². The fourth-order valence-electron chi connectivity index (χ4n) is 3.59. The number of aryl methyl sites for hydroxylation is 1. The highest BCUT2D eigenvalue weighted by molar-refractivity contribution is 7.20. The fourth-order valence-corrected chi connectivity index (χ4v) is 4.80. The molecule has 0 saturated carbocycles. The summed E-state index contributed by atoms with van der Waals surface area (Å²) in [5, 5.41) is 0. The smallest absolute Gasteiger partial charge is 0.272 e. The van der Waals surface area contributed by atoms with Gasteiger partial charge in [0.15, 0.2) is 0 Å². The van der Waals surface area contributed by atoms with Crippen LogP contribution in [-0.4, -0.2) is 63.8 Å². The van der Waals surface area contributed by atoms with Crippen LogP contribution >= 0.6 is 11.3 Å². The molecule has 144 valence electrons. The van der Waals surface area contributed by atoms with Crippen molar-refractivity contribution >= 4 is 33.5 Å². The van der Waals surface area contributed by atoms with Gasteiger partial charge in [-0.05, 0) is 25.5 Å².